The van der Waals surface area contributed by atoms with Gasteiger partial charge in [-0.1, -0.05) is 6.08 Å². The molecule has 0 bridgehead atoms. The molecule has 0 aromatic carbocycles. The molecule has 0 aliphatic heterocycles. The van der Waals surface area contributed by atoms with Crippen molar-refractivity contribution < 1.29 is 8.42 Å². The van der Waals surface area contributed by atoms with E-state index < -0.39 is 10.0 Å². The number of allylic oxidation sites excluding steroid dienone is 1. The molecule has 94 valence electrons. The summed E-state index contributed by atoms with van der Waals surface area (Å²) in [5.74, 6) is 0. The van der Waals surface area contributed by atoms with Gasteiger partial charge in [-0.05, 0) is 34.8 Å². The van der Waals surface area contributed by atoms with Crippen molar-refractivity contribution in [1.82, 2.24) is 9.29 Å². The van der Waals surface area contributed by atoms with E-state index >= 15 is 0 Å². The summed E-state index contributed by atoms with van der Waals surface area (Å²) in [6, 6.07) is 1.55. The van der Waals surface area contributed by atoms with Crippen LogP contribution in [-0.2, 0) is 10.0 Å². The first-order valence-corrected chi connectivity index (χ1v) is 7.39. The minimum atomic E-state index is -3.44. The fraction of sp³-hybridized carbons (Fsp3) is 0.364. The zero-order valence-corrected chi connectivity index (χ0v) is 12.0. The molecule has 0 atom stereocenters. The van der Waals surface area contributed by atoms with Crippen LogP contribution in [0, 0.1) is 0 Å². The maximum absolute atomic E-state index is 12.1. The molecule has 0 saturated carbocycles. The summed E-state index contributed by atoms with van der Waals surface area (Å²) in [7, 11) is -1.87. The van der Waals surface area contributed by atoms with Gasteiger partial charge in [-0.15, -0.1) is 6.58 Å². The Labute approximate surface area is 111 Å². The lowest BCUT2D eigenvalue weighted by atomic mass is 10.3. The molecule has 1 heterocycles. The number of halogens is 1. The SMILES string of the molecule is C=CCCCN(C)S(=O)(=O)c1cncc(Br)c1. The molecule has 0 spiro atoms. The smallest absolute Gasteiger partial charge is 0.244 e. The Bertz CT molecular complexity index is 488. The third kappa shape index (κ3) is 3.90. The van der Waals surface area contributed by atoms with Gasteiger partial charge in [0.05, 0.1) is 0 Å². The Kier molecular flexibility index (Phi) is 5.30. The predicted octanol–water partition coefficient (Wildman–Crippen LogP) is 2.43. The quantitative estimate of drug-likeness (QED) is 0.598. The molecule has 0 aliphatic carbocycles. The number of pyridine rings is 1. The molecule has 1 rings (SSSR count). The summed E-state index contributed by atoms with van der Waals surface area (Å²) in [6.45, 7) is 4.08. The molecule has 1 aromatic heterocycles. The zero-order chi connectivity index (χ0) is 12.9. The maximum Gasteiger partial charge on any atom is 0.244 e. The fourth-order valence-corrected chi connectivity index (χ4v) is 3.01. The molecule has 1 aromatic rings. The molecule has 0 unspecified atom stereocenters. The molecule has 0 aliphatic rings. The summed E-state index contributed by atoms with van der Waals surface area (Å²) in [6.07, 6.45) is 6.25. The van der Waals surface area contributed by atoms with Gasteiger partial charge >= 0.3 is 0 Å². The van der Waals surface area contributed by atoms with Gasteiger partial charge in [0.15, 0.2) is 0 Å². The highest BCUT2D eigenvalue weighted by Crippen LogP contribution is 2.17. The highest BCUT2D eigenvalue weighted by molar-refractivity contribution is 9.10. The summed E-state index contributed by atoms with van der Waals surface area (Å²) in [4.78, 5) is 4.06. The third-order valence-corrected chi connectivity index (χ3v) is 4.53. The average molecular weight is 319 g/mol. The van der Waals surface area contributed by atoms with E-state index in [1.165, 1.54) is 10.5 Å². The standard InChI is InChI=1S/C11H15BrN2O2S/c1-3-4-5-6-14(2)17(15,16)11-7-10(12)8-13-9-11/h3,7-9H,1,4-6H2,2H3. The van der Waals surface area contributed by atoms with Gasteiger partial charge in [-0.2, -0.15) is 0 Å². The van der Waals surface area contributed by atoms with Crippen LogP contribution < -0.4 is 0 Å². The molecule has 0 amide bonds. The van der Waals surface area contributed by atoms with E-state index in [0.717, 1.165) is 12.8 Å². The van der Waals surface area contributed by atoms with Crippen LogP contribution in [0.5, 0.6) is 0 Å². The summed E-state index contributed by atoms with van der Waals surface area (Å²) in [5, 5.41) is 0. The van der Waals surface area contributed by atoms with Crippen LogP contribution in [0.1, 0.15) is 12.8 Å². The van der Waals surface area contributed by atoms with Crippen LogP contribution in [0.3, 0.4) is 0 Å². The minimum absolute atomic E-state index is 0.202. The monoisotopic (exact) mass is 318 g/mol. The van der Waals surface area contributed by atoms with E-state index in [-0.39, 0.29) is 4.90 Å². The topological polar surface area (TPSA) is 50.3 Å². The number of aromatic nitrogens is 1. The van der Waals surface area contributed by atoms with Crippen molar-refractivity contribution >= 4 is 26.0 Å². The molecule has 0 N–H and O–H groups in total. The molecule has 0 fully saturated rings. The van der Waals surface area contributed by atoms with Gasteiger partial charge in [0.2, 0.25) is 10.0 Å². The minimum Gasteiger partial charge on any atom is -0.262 e. The van der Waals surface area contributed by atoms with Gasteiger partial charge in [0, 0.05) is 30.5 Å². The first-order valence-electron chi connectivity index (χ1n) is 5.16. The van der Waals surface area contributed by atoms with Crippen LogP contribution >= 0.6 is 15.9 Å². The van der Waals surface area contributed by atoms with Crippen molar-refractivity contribution in [2.75, 3.05) is 13.6 Å². The third-order valence-electron chi connectivity index (χ3n) is 2.27. The van der Waals surface area contributed by atoms with Crippen molar-refractivity contribution in [1.29, 1.82) is 0 Å². The number of unbranched alkanes of at least 4 members (excludes halogenated alkanes) is 1. The number of nitrogens with zero attached hydrogens (tertiary/aromatic N) is 2. The zero-order valence-electron chi connectivity index (χ0n) is 9.63. The van der Waals surface area contributed by atoms with Crippen molar-refractivity contribution in [3.63, 3.8) is 0 Å². The lowest BCUT2D eigenvalue weighted by Gasteiger charge is -2.16. The number of hydrogen-bond donors (Lipinski definition) is 0. The normalized spacial score (nSPS) is 11.7. The Hall–Kier alpha value is -0.720. The Balaban J connectivity index is 2.83. The second-order valence-corrected chi connectivity index (χ2v) is 6.56. The summed E-state index contributed by atoms with van der Waals surface area (Å²) in [5.41, 5.74) is 0. The van der Waals surface area contributed by atoms with Crippen molar-refractivity contribution in [3.8, 4) is 0 Å². The first-order chi connectivity index (χ1) is 7.98. The van der Waals surface area contributed by atoms with E-state index in [1.54, 1.807) is 25.4 Å². The van der Waals surface area contributed by atoms with Crippen LogP contribution in [0.25, 0.3) is 0 Å². The molecular weight excluding hydrogens is 304 g/mol. The van der Waals surface area contributed by atoms with Crippen LogP contribution in [0.2, 0.25) is 0 Å². The van der Waals surface area contributed by atoms with Crippen LogP contribution in [-0.4, -0.2) is 31.3 Å². The van der Waals surface area contributed by atoms with Crippen molar-refractivity contribution in [2.24, 2.45) is 0 Å². The second-order valence-electron chi connectivity index (χ2n) is 3.60. The lowest BCUT2D eigenvalue weighted by molar-refractivity contribution is 0.462. The molecule has 4 nitrogen and oxygen atoms in total. The number of hydrogen-bond acceptors (Lipinski definition) is 3. The number of sulfonamides is 1. The Morgan fingerprint density at radius 1 is 1.53 bits per heavy atom. The summed E-state index contributed by atoms with van der Waals surface area (Å²) < 4.78 is 26.2. The van der Waals surface area contributed by atoms with Gasteiger partial charge in [-0.25, -0.2) is 12.7 Å². The number of rotatable bonds is 6. The molecule has 6 heteroatoms. The van der Waals surface area contributed by atoms with Crippen LogP contribution in [0.15, 0.2) is 40.5 Å². The largest absolute Gasteiger partial charge is 0.262 e. The van der Waals surface area contributed by atoms with E-state index in [9.17, 15) is 8.42 Å². The van der Waals surface area contributed by atoms with Gasteiger partial charge in [0.1, 0.15) is 4.90 Å². The van der Waals surface area contributed by atoms with Gasteiger partial charge in [-0.3, -0.25) is 4.98 Å². The summed E-state index contributed by atoms with van der Waals surface area (Å²) >= 11 is 3.21. The van der Waals surface area contributed by atoms with Crippen molar-refractivity contribution in [2.45, 2.75) is 17.7 Å². The van der Waals surface area contributed by atoms with E-state index in [0.29, 0.717) is 11.0 Å². The fourth-order valence-electron chi connectivity index (χ4n) is 1.29. The predicted molar refractivity (Wildman–Crippen MR) is 71.2 cm³/mol. The maximum atomic E-state index is 12.1. The lowest BCUT2D eigenvalue weighted by Crippen LogP contribution is -2.28. The molecule has 0 radical (unpaired) electrons. The second kappa shape index (κ2) is 6.28. The molecule has 17 heavy (non-hydrogen) atoms. The highest BCUT2D eigenvalue weighted by Gasteiger charge is 2.20. The molecular formula is C11H15BrN2O2S. The van der Waals surface area contributed by atoms with Gasteiger partial charge in [0.25, 0.3) is 0 Å². The Morgan fingerprint density at radius 3 is 2.82 bits per heavy atom. The average Bonchev–Trinajstić information content (AvgIpc) is 2.29. The van der Waals surface area contributed by atoms with E-state index in [2.05, 4.69) is 27.5 Å². The van der Waals surface area contributed by atoms with E-state index in [1.807, 2.05) is 0 Å². The van der Waals surface area contributed by atoms with Crippen molar-refractivity contribution in [3.05, 3.63) is 35.6 Å². The first kappa shape index (κ1) is 14.3. The highest BCUT2D eigenvalue weighted by atomic mass is 79.9. The van der Waals surface area contributed by atoms with E-state index in [4.69, 9.17) is 0 Å². The van der Waals surface area contributed by atoms with Gasteiger partial charge < -0.3 is 0 Å². The molecule has 0 saturated heterocycles. The Morgan fingerprint density at radius 2 is 2.24 bits per heavy atom. The van der Waals surface area contributed by atoms with Crippen LogP contribution in [0.4, 0.5) is 0 Å².